The summed E-state index contributed by atoms with van der Waals surface area (Å²) in [5.74, 6) is 4.53. The quantitative estimate of drug-likeness (QED) is 0.533. The van der Waals surface area contributed by atoms with Crippen LogP contribution >= 0.6 is 0 Å². The summed E-state index contributed by atoms with van der Waals surface area (Å²) in [5.41, 5.74) is 1.40. The number of hydrogen-bond acceptors (Lipinski definition) is 4. The van der Waals surface area contributed by atoms with Crippen LogP contribution in [0.3, 0.4) is 0 Å². The molecule has 3 aliphatic rings. The van der Waals surface area contributed by atoms with Crippen molar-refractivity contribution in [3.05, 3.63) is 29.8 Å². The molecule has 3 fully saturated rings. The molecule has 4 nitrogen and oxygen atoms in total. The van der Waals surface area contributed by atoms with E-state index >= 15 is 0 Å². The van der Waals surface area contributed by atoms with Crippen LogP contribution in [0.25, 0.3) is 0 Å². The molecular weight excluding hydrogens is 382 g/mol. The van der Waals surface area contributed by atoms with Gasteiger partial charge in [0.15, 0.2) is 0 Å². The average molecular weight is 428 g/mol. The summed E-state index contributed by atoms with van der Waals surface area (Å²) in [6, 6.07) is 8.75. The van der Waals surface area contributed by atoms with E-state index in [1.54, 1.807) is 0 Å². The highest BCUT2D eigenvalue weighted by Gasteiger charge is 2.26. The second kappa shape index (κ2) is 11.7. The minimum Gasteiger partial charge on any atom is -0.492 e. The highest BCUT2D eigenvalue weighted by molar-refractivity contribution is 5.27. The third kappa shape index (κ3) is 7.20. The zero-order chi connectivity index (χ0) is 21.5. The molecule has 2 heterocycles. The molecule has 4 rings (SSSR count). The van der Waals surface area contributed by atoms with Crippen molar-refractivity contribution in [3.8, 4) is 5.75 Å². The lowest BCUT2D eigenvalue weighted by molar-refractivity contribution is 0.131. The monoisotopic (exact) mass is 427 g/mol. The Kier molecular flexibility index (Phi) is 8.69. The zero-order valence-electron chi connectivity index (χ0n) is 20.0. The Morgan fingerprint density at radius 1 is 0.903 bits per heavy atom. The molecule has 0 spiro atoms. The van der Waals surface area contributed by atoms with Gasteiger partial charge in [-0.2, -0.15) is 0 Å². The van der Waals surface area contributed by atoms with E-state index in [2.05, 4.69) is 53.2 Å². The molecule has 4 heteroatoms. The predicted molar refractivity (Wildman–Crippen MR) is 130 cm³/mol. The number of piperidine rings is 1. The number of rotatable bonds is 11. The Balaban J connectivity index is 1.04. The van der Waals surface area contributed by atoms with Crippen molar-refractivity contribution in [3.63, 3.8) is 0 Å². The van der Waals surface area contributed by atoms with Gasteiger partial charge >= 0.3 is 0 Å². The van der Waals surface area contributed by atoms with Gasteiger partial charge in [-0.05, 0) is 99.7 Å². The number of ether oxygens (including phenoxy) is 1. The lowest BCUT2D eigenvalue weighted by atomic mass is 9.84. The molecule has 1 aromatic carbocycles. The van der Waals surface area contributed by atoms with Crippen molar-refractivity contribution >= 4 is 0 Å². The van der Waals surface area contributed by atoms with Crippen LogP contribution in [0.1, 0.15) is 51.5 Å². The van der Waals surface area contributed by atoms with Crippen LogP contribution in [0.4, 0.5) is 0 Å². The van der Waals surface area contributed by atoms with E-state index in [0.717, 1.165) is 55.5 Å². The second-order valence-electron chi connectivity index (χ2n) is 10.7. The van der Waals surface area contributed by atoms with Gasteiger partial charge in [-0.1, -0.05) is 32.4 Å². The van der Waals surface area contributed by atoms with Gasteiger partial charge in [0.2, 0.25) is 0 Å². The molecule has 1 aromatic rings. The van der Waals surface area contributed by atoms with E-state index in [9.17, 15) is 0 Å². The van der Waals surface area contributed by atoms with Crippen LogP contribution in [0.15, 0.2) is 24.3 Å². The molecular formula is C27H45N3O. The molecule has 2 unspecified atom stereocenters. The molecule has 174 valence electrons. The van der Waals surface area contributed by atoms with E-state index in [0.29, 0.717) is 0 Å². The van der Waals surface area contributed by atoms with Crippen LogP contribution < -0.4 is 10.1 Å². The number of nitrogens with one attached hydrogen (secondary N) is 1. The molecule has 2 atom stereocenters. The average Bonchev–Trinajstić information content (AvgIpc) is 3.07. The predicted octanol–water partition coefficient (Wildman–Crippen LogP) is 4.30. The Hall–Kier alpha value is -1.10. The van der Waals surface area contributed by atoms with Gasteiger partial charge in [-0.25, -0.2) is 0 Å². The first-order valence-electron chi connectivity index (χ1n) is 13.0. The maximum Gasteiger partial charge on any atom is 0.119 e. The largest absolute Gasteiger partial charge is 0.492 e. The topological polar surface area (TPSA) is 27.7 Å². The summed E-state index contributed by atoms with van der Waals surface area (Å²) >= 11 is 0. The smallest absolute Gasteiger partial charge is 0.119 e. The first-order valence-corrected chi connectivity index (χ1v) is 13.0. The summed E-state index contributed by atoms with van der Waals surface area (Å²) in [6.45, 7) is 15.3. The Morgan fingerprint density at radius 3 is 2.26 bits per heavy atom. The van der Waals surface area contributed by atoms with Gasteiger partial charge in [0.05, 0.1) is 0 Å². The summed E-state index contributed by atoms with van der Waals surface area (Å²) in [4.78, 5) is 5.25. The third-order valence-corrected chi connectivity index (χ3v) is 8.14. The van der Waals surface area contributed by atoms with Crippen molar-refractivity contribution in [2.24, 2.45) is 23.7 Å². The molecule has 1 N–H and O–H groups in total. The standard InChI is InChI=1S/C27H45N3O/c1-22-19-30(20-23(22)2)16-17-31-27-8-6-24(7-9-27)10-13-28-18-25-11-14-29(15-12-25)21-26-4-3-5-26/h6-9,22-23,25-26,28H,3-5,10-21H2,1-2H3. The molecule has 1 aliphatic carbocycles. The lowest BCUT2D eigenvalue weighted by Crippen LogP contribution is -2.40. The molecule has 2 aliphatic heterocycles. The summed E-state index contributed by atoms with van der Waals surface area (Å²) < 4.78 is 5.98. The number of hydrogen-bond donors (Lipinski definition) is 1. The van der Waals surface area contributed by atoms with E-state index in [1.807, 2.05) is 0 Å². The second-order valence-corrected chi connectivity index (χ2v) is 10.7. The number of benzene rings is 1. The molecule has 1 saturated carbocycles. The van der Waals surface area contributed by atoms with Gasteiger partial charge < -0.3 is 15.0 Å². The Bertz CT molecular complexity index is 626. The highest BCUT2D eigenvalue weighted by atomic mass is 16.5. The van der Waals surface area contributed by atoms with Crippen molar-refractivity contribution in [2.45, 2.75) is 52.4 Å². The molecule has 0 radical (unpaired) electrons. The maximum atomic E-state index is 5.98. The van der Waals surface area contributed by atoms with E-state index in [-0.39, 0.29) is 0 Å². The van der Waals surface area contributed by atoms with Gasteiger partial charge in [-0.15, -0.1) is 0 Å². The van der Waals surface area contributed by atoms with Crippen molar-refractivity contribution in [1.82, 2.24) is 15.1 Å². The van der Waals surface area contributed by atoms with Crippen molar-refractivity contribution in [1.29, 1.82) is 0 Å². The van der Waals surface area contributed by atoms with Crippen molar-refractivity contribution in [2.75, 3.05) is 59.0 Å². The van der Waals surface area contributed by atoms with Gasteiger partial charge in [-0.3, -0.25) is 4.90 Å². The minimum absolute atomic E-state index is 0.791. The maximum absolute atomic E-state index is 5.98. The number of nitrogens with zero attached hydrogens (tertiary/aromatic N) is 2. The summed E-state index contributed by atoms with van der Waals surface area (Å²) in [6.07, 6.45) is 8.28. The Morgan fingerprint density at radius 2 is 1.61 bits per heavy atom. The highest BCUT2D eigenvalue weighted by Crippen LogP contribution is 2.28. The zero-order valence-corrected chi connectivity index (χ0v) is 20.0. The van der Waals surface area contributed by atoms with Crippen LogP contribution in [0.2, 0.25) is 0 Å². The molecule has 2 saturated heterocycles. The van der Waals surface area contributed by atoms with Gasteiger partial charge in [0, 0.05) is 26.2 Å². The van der Waals surface area contributed by atoms with Crippen LogP contribution in [0.5, 0.6) is 5.75 Å². The van der Waals surface area contributed by atoms with Crippen LogP contribution in [0, 0.1) is 23.7 Å². The number of likely N-dealkylation sites (tertiary alicyclic amines) is 2. The molecule has 0 bridgehead atoms. The summed E-state index contributed by atoms with van der Waals surface area (Å²) in [5, 5.41) is 3.71. The van der Waals surface area contributed by atoms with E-state index in [1.165, 1.54) is 76.9 Å². The van der Waals surface area contributed by atoms with Gasteiger partial charge in [0.1, 0.15) is 12.4 Å². The summed E-state index contributed by atoms with van der Waals surface area (Å²) in [7, 11) is 0. The van der Waals surface area contributed by atoms with E-state index in [4.69, 9.17) is 4.74 Å². The molecule has 31 heavy (non-hydrogen) atoms. The fourth-order valence-corrected chi connectivity index (χ4v) is 5.43. The Labute approximate surface area is 190 Å². The van der Waals surface area contributed by atoms with E-state index < -0.39 is 0 Å². The normalized spacial score (nSPS) is 26.3. The van der Waals surface area contributed by atoms with Crippen molar-refractivity contribution < 1.29 is 4.74 Å². The first kappa shape index (κ1) is 23.1. The van der Waals surface area contributed by atoms with Crippen LogP contribution in [-0.2, 0) is 6.42 Å². The SMILES string of the molecule is CC1CN(CCOc2ccc(CCNCC3CCN(CC4CCC4)CC3)cc2)CC1C. The van der Waals surface area contributed by atoms with Gasteiger partial charge in [0.25, 0.3) is 0 Å². The molecule has 0 aromatic heterocycles. The minimum atomic E-state index is 0.791. The fraction of sp³-hybridized carbons (Fsp3) is 0.778. The first-order chi connectivity index (χ1) is 15.2. The fourth-order valence-electron chi connectivity index (χ4n) is 5.43. The lowest BCUT2D eigenvalue weighted by Gasteiger charge is -2.37. The molecule has 0 amide bonds. The third-order valence-electron chi connectivity index (χ3n) is 8.14. The van der Waals surface area contributed by atoms with Crippen LogP contribution in [-0.4, -0.2) is 68.8 Å².